The first-order chi connectivity index (χ1) is 11.5. The first kappa shape index (κ1) is 24.2. The van der Waals surface area contributed by atoms with Crippen LogP contribution >= 0.6 is 0 Å². The molecule has 6 atom stereocenters. The summed E-state index contributed by atoms with van der Waals surface area (Å²) in [5.74, 6) is -0.198. The van der Waals surface area contributed by atoms with E-state index < -0.39 is 24.3 Å². The van der Waals surface area contributed by atoms with Crippen LogP contribution in [0.4, 0.5) is 0 Å². The summed E-state index contributed by atoms with van der Waals surface area (Å²) < 4.78 is 0. The Bertz CT molecular complexity index is 410. The Morgan fingerprint density at radius 2 is 1.36 bits per heavy atom. The second-order valence-electron chi connectivity index (χ2n) is 7.53. The van der Waals surface area contributed by atoms with Gasteiger partial charge in [0.15, 0.2) is 11.6 Å². The van der Waals surface area contributed by atoms with Crippen LogP contribution in [0.1, 0.15) is 67.7 Å². The summed E-state index contributed by atoms with van der Waals surface area (Å²) in [7, 11) is 0. The summed E-state index contributed by atoms with van der Waals surface area (Å²) in [4.78, 5) is 24.5. The summed E-state index contributed by atoms with van der Waals surface area (Å²) in [6.45, 7) is 12.7. The topological polar surface area (TPSA) is 98.7 Å². The molecule has 4 N–H and O–H groups in total. The lowest BCUT2D eigenvalue weighted by molar-refractivity contribution is -0.127. The molecule has 0 rings (SSSR count). The second kappa shape index (κ2) is 11.7. The number of Topliss-reactive ketones (excluding diaryl/α,β-unsaturated/α-hetero) is 2. The molecule has 0 saturated heterocycles. The van der Waals surface area contributed by atoms with Crippen molar-refractivity contribution in [3.05, 3.63) is 0 Å². The minimum atomic E-state index is -0.746. The van der Waals surface area contributed by atoms with Gasteiger partial charge in [-0.1, -0.05) is 27.7 Å². The highest BCUT2D eigenvalue weighted by atomic mass is 16.3. The monoisotopic (exact) mass is 358 g/mol. The third-order valence-corrected chi connectivity index (χ3v) is 4.46. The molecule has 0 aromatic carbocycles. The molecule has 25 heavy (non-hydrogen) atoms. The van der Waals surface area contributed by atoms with Crippen LogP contribution in [-0.2, 0) is 9.59 Å². The minimum absolute atomic E-state index is 0.00705. The number of ketones is 2. The highest BCUT2D eigenvalue weighted by Gasteiger charge is 2.29. The number of carbonyl (C=O) groups excluding carboxylic acids is 2. The van der Waals surface area contributed by atoms with Gasteiger partial charge in [-0.25, -0.2) is 0 Å². The summed E-state index contributed by atoms with van der Waals surface area (Å²) in [5.41, 5.74) is 0. The quantitative estimate of drug-likeness (QED) is 0.397. The molecule has 6 nitrogen and oxygen atoms in total. The normalized spacial score (nSPS) is 19.1. The van der Waals surface area contributed by atoms with Gasteiger partial charge >= 0.3 is 0 Å². The van der Waals surface area contributed by atoms with E-state index in [-0.39, 0.29) is 29.6 Å². The molecule has 0 amide bonds. The predicted octanol–water partition coefficient (Wildman–Crippen LogP) is 1.43. The zero-order chi connectivity index (χ0) is 19.7. The lowest BCUT2D eigenvalue weighted by Crippen LogP contribution is -2.50. The summed E-state index contributed by atoms with van der Waals surface area (Å²) in [6.07, 6.45) is 0.254. The van der Waals surface area contributed by atoms with E-state index in [1.54, 1.807) is 20.8 Å². The van der Waals surface area contributed by atoms with Crippen LogP contribution in [0.2, 0.25) is 0 Å². The second-order valence-corrected chi connectivity index (χ2v) is 7.53. The Morgan fingerprint density at radius 3 is 1.76 bits per heavy atom. The van der Waals surface area contributed by atoms with Crippen molar-refractivity contribution in [1.82, 2.24) is 10.6 Å². The van der Waals surface area contributed by atoms with E-state index in [1.165, 1.54) is 0 Å². The highest BCUT2D eigenvalue weighted by Crippen LogP contribution is 2.14. The Morgan fingerprint density at radius 1 is 0.840 bits per heavy atom. The van der Waals surface area contributed by atoms with Gasteiger partial charge in [-0.3, -0.25) is 9.59 Å². The van der Waals surface area contributed by atoms with Gasteiger partial charge in [0.1, 0.15) is 0 Å². The standard InChI is InChI=1S/C19H38N2O4/c1-8-16(24)17(14(6)22)21-13(5)10-9-12(4)19(25)18(15(7)23)20-11(2)3/h11-15,17-18,20-23H,8-10H2,1-7H3/t12?,13?,14?,15?,17-,18+/m1/s1. The number of hydrogen-bond acceptors (Lipinski definition) is 6. The van der Waals surface area contributed by atoms with Crippen molar-refractivity contribution in [3.63, 3.8) is 0 Å². The molecule has 148 valence electrons. The molecule has 0 radical (unpaired) electrons. The van der Waals surface area contributed by atoms with Gasteiger partial charge in [0.25, 0.3) is 0 Å². The molecule has 0 aliphatic heterocycles. The summed E-state index contributed by atoms with van der Waals surface area (Å²) in [6, 6.07) is -1.01. The van der Waals surface area contributed by atoms with Crippen molar-refractivity contribution in [2.45, 2.75) is 104 Å². The van der Waals surface area contributed by atoms with Crippen LogP contribution in [0, 0.1) is 5.92 Å². The zero-order valence-electron chi connectivity index (χ0n) is 16.9. The highest BCUT2D eigenvalue weighted by molar-refractivity contribution is 5.86. The van der Waals surface area contributed by atoms with Crippen molar-refractivity contribution < 1.29 is 19.8 Å². The maximum absolute atomic E-state index is 12.6. The van der Waals surface area contributed by atoms with Crippen LogP contribution in [0.3, 0.4) is 0 Å². The van der Waals surface area contributed by atoms with E-state index in [0.29, 0.717) is 19.3 Å². The maximum Gasteiger partial charge on any atom is 0.155 e. The van der Waals surface area contributed by atoms with Gasteiger partial charge in [-0.05, 0) is 33.6 Å². The van der Waals surface area contributed by atoms with Gasteiger partial charge in [0.2, 0.25) is 0 Å². The van der Waals surface area contributed by atoms with Crippen molar-refractivity contribution in [2.24, 2.45) is 5.92 Å². The molecule has 0 heterocycles. The number of carbonyl (C=O) groups is 2. The molecule has 0 spiro atoms. The largest absolute Gasteiger partial charge is 0.391 e. The molecule has 0 fully saturated rings. The Labute approximate surface area is 152 Å². The predicted molar refractivity (Wildman–Crippen MR) is 101 cm³/mol. The van der Waals surface area contributed by atoms with E-state index in [2.05, 4.69) is 10.6 Å². The smallest absolute Gasteiger partial charge is 0.155 e. The van der Waals surface area contributed by atoms with E-state index >= 15 is 0 Å². The number of hydrogen-bond donors (Lipinski definition) is 4. The summed E-state index contributed by atoms with van der Waals surface area (Å²) >= 11 is 0. The van der Waals surface area contributed by atoms with E-state index in [4.69, 9.17) is 0 Å². The molecule has 6 heteroatoms. The lowest BCUT2D eigenvalue weighted by atomic mass is 9.91. The first-order valence-corrected chi connectivity index (χ1v) is 9.45. The molecule has 0 saturated carbocycles. The molecular weight excluding hydrogens is 320 g/mol. The average Bonchev–Trinajstić information content (AvgIpc) is 2.53. The van der Waals surface area contributed by atoms with Gasteiger partial charge in [0, 0.05) is 24.4 Å². The number of rotatable bonds is 13. The lowest BCUT2D eigenvalue weighted by Gasteiger charge is -2.27. The van der Waals surface area contributed by atoms with Crippen LogP contribution in [0.15, 0.2) is 0 Å². The fourth-order valence-electron chi connectivity index (χ4n) is 2.88. The number of aliphatic hydroxyl groups is 2. The fourth-order valence-corrected chi connectivity index (χ4v) is 2.88. The molecule has 4 unspecified atom stereocenters. The molecule has 0 aromatic heterocycles. The first-order valence-electron chi connectivity index (χ1n) is 9.45. The van der Waals surface area contributed by atoms with Crippen LogP contribution in [-0.4, -0.2) is 58.2 Å². The SMILES string of the molecule is CCC(=O)[C@H](NC(C)CCC(C)C(=O)[C@@H](NC(C)C)C(C)O)C(C)O. The molecule has 0 aliphatic carbocycles. The van der Waals surface area contributed by atoms with Crippen molar-refractivity contribution in [2.75, 3.05) is 0 Å². The minimum Gasteiger partial charge on any atom is -0.391 e. The van der Waals surface area contributed by atoms with Crippen molar-refractivity contribution in [3.8, 4) is 0 Å². The van der Waals surface area contributed by atoms with Gasteiger partial charge in [0.05, 0.1) is 24.3 Å². The molecular formula is C19H38N2O4. The number of aliphatic hydroxyl groups excluding tert-OH is 2. The van der Waals surface area contributed by atoms with Crippen molar-refractivity contribution >= 4 is 11.6 Å². The molecule has 0 aliphatic rings. The molecule has 0 bridgehead atoms. The molecule has 0 aromatic rings. The Balaban J connectivity index is 4.62. The van der Waals surface area contributed by atoms with E-state index in [0.717, 1.165) is 0 Å². The van der Waals surface area contributed by atoms with Gasteiger partial charge in [-0.2, -0.15) is 0 Å². The van der Waals surface area contributed by atoms with Crippen LogP contribution in [0.5, 0.6) is 0 Å². The van der Waals surface area contributed by atoms with E-state index in [1.807, 2.05) is 27.7 Å². The zero-order valence-corrected chi connectivity index (χ0v) is 16.9. The average molecular weight is 359 g/mol. The van der Waals surface area contributed by atoms with E-state index in [9.17, 15) is 19.8 Å². The van der Waals surface area contributed by atoms with Crippen LogP contribution < -0.4 is 10.6 Å². The van der Waals surface area contributed by atoms with Gasteiger partial charge < -0.3 is 20.8 Å². The number of nitrogens with one attached hydrogen (secondary N) is 2. The third kappa shape index (κ3) is 8.90. The summed E-state index contributed by atoms with van der Waals surface area (Å²) in [5, 5.41) is 25.9. The van der Waals surface area contributed by atoms with Crippen molar-refractivity contribution in [1.29, 1.82) is 0 Å². The Hall–Kier alpha value is -0.820. The van der Waals surface area contributed by atoms with Gasteiger partial charge in [-0.15, -0.1) is 0 Å². The fraction of sp³-hybridized carbons (Fsp3) is 0.895. The maximum atomic E-state index is 12.6. The Kier molecular flexibility index (Phi) is 11.3. The van der Waals surface area contributed by atoms with Crippen LogP contribution in [0.25, 0.3) is 0 Å². The third-order valence-electron chi connectivity index (χ3n) is 4.46.